The fourth-order valence-electron chi connectivity index (χ4n) is 2.70. The second kappa shape index (κ2) is 7.62. The van der Waals surface area contributed by atoms with Crippen LogP contribution < -0.4 is 5.32 Å². The Hall–Kier alpha value is -1.85. The summed E-state index contributed by atoms with van der Waals surface area (Å²) >= 11 is 3.59. The van der Waals surface area contributed by atoms with Gasteiger partial charge in [0.05, 0.1) is 0 Å². The predicted molar refractivity (Wildman–Crippen MR) is 96.5 cm³/mol. The van der Waals surface area contributed by atoms with Gasteiger partial charge in [-0.1, -0.05) is 52.3 Å². The Morgan fingerprint density at radius 1 is 0.957 bits per heavy atom. The first-order chi connectivity index (χ1) is 11.2. The van der Waals surface area contributed by atoms with Crippen LogP contribution in [0.5, 0.6) is 0 Å². The Kier molecular flexibility index (Phi) is 5.31. The summed E-state index contributed by atoms with van der Waals surface area (Å²) in [5.41, 5.74) is 2.13. The minimum Gasteiger partial charge on any atom is -0.322 e. The quantitative estimate of drug-likeness (QED) is 0.887. The molecule has 4 nitrogen and oxygen atoms in total. The lowest BCUT2D eigenvalue weighted by atomic mass is 10.2. The Balaban J connectivity index is 1.50. The lowest BCUT2D eigenvalue weighted by Gasteiger charge is -2.34. The average Bonchev–Trinajstić information content (AvgIpc) is 2.58. The minimum atomic E-state index is -0.0169. The maximum Gasteiger partial charge on any atom is 0.321 e. The first-order valence-electron chi connectivity index (χ1n) is 7.79. The second-order valence-corrected chi connectivity index (χ2v) is 6.51. The topological polar surface area (TPSA) is 35.6 Å². The smallest absolute Gasteiger partial charge is 0.321 e. The molecule has 1 heterocycles. The maximum atomic E-state index is 12.3. The third-order valence-corrected chi connectivity index (χ3v) is 4.81. The van der Waals surface area contributed by atoms with Crippen molar-refractivity contribution in [1.82, 2.24) is 9.80 Å². The van der Waals surface area contributed by atoms with Crippen LogP contribution in [-0.2, 0) is 6.54 Å². The van der Waals surface area contributed by atoms with E-state index >= 15 is 0 Å². The van der Waals surface area contributed by atoms with Crippen LogP contribution in [0, 0.1) is 0 Å². The Morgan fingerprint density at radius 2 is 1.61 bits per heavy atom. The van der Waals surface area contributed by atoms with Gasteiger partial charge in [-0.05, 0) is 23.8 Å². The highest BCUT2D eigenvalue weighted by Gasteiger charge is 2.21. The molecule has 1 N–H and O–H groups in total. The van der Waals surface area contributed by atoms with Gasteiger partial charge in [-0.3, -0.25) is 4.90 Å². The van der Waals surface area contributed by atoms with Crippen LogP contribution >= 0.6 is 15.9 Å². The van der Waals surface area contributed by atoms with Crippen molar-refractivity contribution >= 4 is 27.6 Å². The van der Waals surface area contributed by atoms with Crippen molar-refractivity contribution in [3.05, 3.63) is 64.6 Å². The first-order valence-corrected chi connectivity index (χ1v) is 8.58. The van der Waals surface area contributed by atoms with E-state index in [1.165, 1.54) is 5.56 Å². The highest BCUT2D eigenvalue weighted by Crippen LogP contribution is 2.18. The van der Waals surface area contributed by atoms with Gasteiger partial charge in [-0.25, -0.2) is 4.79 Å². The molecule has 120 valence electrons. The fourth-order valence-corrected chi connectivity index (χ4v) is 3.11. The van der Waals surface area contributed by atoms with Gasteiger partial charge in [0.1, 0.15) is 0 Å². The van der Waals surface area contributed by atoms with Crippen LogP contribution in [0.4, 0.5) is 10.5 Å². The SMILES string of the molecule is O=C(Nc1ccccc1)N1CCN(Cc2ccccc2Br)CC1. The highest BCUT2D eigenvalue weighted by atomic mass is 79.9. The summed E-state index contributed by atoms with van der Waals surface area (Å²) in [5, 5.41) is 2.95. The molecule has 0 aromatic heterocycles. The minimum absolute atomic E-state index is 0.0169. The number of urea groups is 1. The van der Waals surface area contributed by atoms with Gasteiger partial charge in [0.15, 0.2) is 0 Å². The number of piperazine rings is 1. The summed E-state index contributed by atoms with van der Waals surface area (Å²) in [6.07, 6.45) is 0. The molecule has 0 unspecified atom stereocenters. The monoisotopic (exact) mass is 373 g/mol. The van der Waals surface area contributed by atoms with Gasteiger partial charge in [0.2, 0.25) is 0 Å². The summed E-state index contributed by atoms with van der Waals surface area (Å²) < 4.78 is 1.14. The highest BCUT2D eigenvalue weighted by molar-refractivity contribution is 9.10. The third-order valence-electron chi connectivity index (χ3n) is 4.04. The summed E-state index contributed by atoms with van der Waals surface area (Å²) in [6.45, 7) is 4.20. The lowest BCUT2D eigenvalue weighted by Crippen LogP contribution is -2.49. The standard InChI is InChI=1S/C18H20BrN3O/c19-17-9-5-4-6-15(17)14-21-10-12-22(13-11-21)18(23)20-16-7-2-1-3-8-16/h1-9H,10-14H2,(H,20,23). The molecule has 2 aromatic carbocycles. The molecular formula is C18H20BrN3O. The Morgan fingerprint density at radius 3 is 2.30 bits per heavy atom. The number of anilines is 1. The van der Waals surface area contributed by atoms with E-state index in [1.807, 2.05) is 41.3 Å². The van der Waals surface area contributed by atoms with Crippen LogP contribution in [-0.4, -0.2) is 42.0 Å². The van der Waals surface area contributed by atoms with Gasteiger partial charge in [-0.15, -0.1) is 0 Å². The molecular weight excluding hydrogens is 354 g/mol. The van der Waals surface area contributed by atoms with Gasteiger partial charge in [0, 0.05) is 42.9 Å². The van der Waals surface area contributed by atoms with Crippen molar-refractivity contribution in [2.75, 3.05) is 31.5 Å². The summed E-state index contributed by atoms with van der Waals surface area (Å²) in [4.78, 5) is 16.5. The molecule has 3 rings (SSSR count). The third kappa shape index (κ3) is 4.33. The fraction of sp³-hybridized carbons (Fsp3) is 0.278. The van der Waals surface area contributed by atoms with Gasteiger partial charge >= 0.3 is 6.03 Å². The molecule has 1 aliphatic rings. The number of hydrogen-bond acceptors (Lipinski definition) is 2. The molecule has 5 heteroatoms. The number of nitrogens with one attached hydrogen (secondary N) is 1. The normalized spacial score (nSPS) is 15.4. The van der Waals surface area contributed by atoms with E-state index in [1.54, 1.807) is 0 Å². The number of rotatable bonds is 3. The molecule has 0 aliphatic carbocycles. The van der Waals surface area contributed by atoms with E-state index in [-0.39, 0.29) is 6.03 Å². The molecule has 1 aliphatic heterocycles. The van der Waals surface area contributed by atoms with Crippen molar-refractivity contribution < 1.29 is 4.79 Å². The van der Waals surface area contributed by atoms with Crippen molar-refractivity contribution in [2.45, 2.75) is 6.54 Å². The summed E-state index contributed by atoms with van der Waals surface area (Å²) in [7, 11) is 0. The Bertz CT molecular complexity index is 654. The van der Waals surface area contributed by atoms with E-state index in [2.05, 4.69) is 44.3 Å². The maximum absolute atomic E-state index is 12.3. The number of benzene rings is 2. The van der Waals surface area contributed by atoms with E-state index in [4.69, 9.17) is 0 Å². The predicted octanol–water partition coefficient (Wildman–Crippen LogP) is 3.80. The number of hydrogen-bond donors (Lipinski definition) is 1. The van der Waals surface area contributed by atoms with Gasteiger partial charge in [0.25, 0.3) is 0 Å². The van der Waals surface area contributed by atoms with E-state index < -0.39 is 0 Å². The average molecular weight is 374 g/mol. The molecule has 0 saturated carbocycles. The molecule has 2 aromatic rings. The van der Waals surface area contributed by atoms with Gasteiger partial charge in [-0.2, -0.15) is 0 Å². The zero-order valence-corrected chi connectivity index (χ0v) is 14.5. The van der Waals surface area contributed by atoms with Crippen molar-refractivity contribution in [1.29, 1.82) is 0 Å². The molecule has 1 fully saturated rings. The van der Waals surface area contributed by atoms with Crippen LogP contribution in [0.25, 0.3) is 0 Å². The van der Waals surface area contributed by atoms with Crippen LogP contribution in [0.15, 0.2) is 59.1 Å². The van der Waals surface area contributed by atoms with E-state index in [0.29, 0.717) is 0 Å². The number of nitrogens with zero attached hydrogens (tertiary/aromatic N) is 2. The zero-order chi connectivity index (χ0) is 16.1. The second-order valence-electron chi connectivity index (χ2n) is 5.65. The molecule has 0 atom stereocenters. The van der Waals surface area contributed by atoms with Crippen molar-refractivity contribution in [3.63, 3.8) is 0 Å². The number of amides is 2. The number of para-hydroxylation sites is 1. The Labute approximate surface area is 145 Å². The molecule has 0 bridgehead atoms. The lowest BCUT2D eigenvalue weighted by molar-refractivity contribution is 0.143. The molecule has 0 radical (unpaired) electrons. The summed E-state index contributed by atoms with van der Waals surface area (Å²) in [6, 6.07) is 17.9. The largest absolute Gasteiger partial charge is 0.322 e. The van der Waals surface area contributed by atoms with E-state index in [0.717, 1.165) is 42.9 Å². The molecule has 2 amide bonds. The van der Waals surface area contributed by atoms with Crippen LogP contribution in [0.3, 0.4) is 0 Å². The van der Waals surface area contributed by atoms with Crippen LogP contribution in [0.2, 0.25) is 0 Å². The van der Waals surface area contributed by atoms with Crippen molar-refractivity contribution in [3.8, 4) is 0 Å². The number of carbonyl (C=O) groups excluding carboxylic acids is 1. The number of carbonyl (C=O) groups is 1. The van der Waals surface area contributed by atoms with E-state index in [9.17, 15) is 4.79 Å². The first kappa shape index (κ1) is 16.0. The van der Waals surface area contributed by atoms with Crippen molar-refractivity contribution in [2.24, 2.45) is 0 Å². The van der Waals surface area contributed by atoms with Crippen LogP contribution in [0.1, 0.15) is 5.56 Å². The zero-order valence-electron chi connectivity index (χ0n) is 12.9. The summed E-state index contributed by atoms with van der Waals surface area (Å²) in [5.74, 6) is 0. The van der Waals surface area contributed by atoms with Gasteiger partial charge < -0.3 is 10.2 Å². The molecule has 23 heavy (non-hydrogen) atoms. The molecule has 0 spiro atoms. The number of halogens is 1. The molecule has 1 saturated heterocycles.